The molecule has 590 valence electrons. The lowest BCUT2D eigenvalue weighted by molar-refractivity contribution is -0.270. The van der Waals surface area contributed by atoms with E-state index in [-0.39, 0.29) is 82.7 Å². The van der Waals surface area contributed by atoms with E-state index in [1.807, 2.05) is 13.8 Å². The van der Waals surface area contributed by atoms with Gasteiger partial charge in [-0.25, -0.2) is 0 Å². The monoisotopic (exact) mass is 1460 g/mol. The van der Waals surface area contributed by atoms with Gasteiger partial charge >= 0.3 is 0 Å². The Bertz CT molecular complexity index is 2000. The number of carbonyl (C=O) groups excluding carboxylic acids is 6. The highest BCUT2D eigenvalue weighted by Crippen LogP contribution is 2.26. The number of unbranched alkanes of at least 4 members (excludes halogenated alkanes) is 3. The van der Waals surface area contributed by atoms with E-state index in [9.17, 15) is 74.7 Å². The quantitative estimate of drug-likeness (QED) is 0.0258. The van der Waals surface area contributed by atoms with Crippen LogP contribution in [-0.4, -0.2) is 337 Å². The summed E-state index contributed by atoms with van der Waals surface area (Å²) >= 11 is 0. The van der Waals surface area contributed by atoms with Crippen LogP contribution < -0.4 is 37.2 Å². The van der Waals surface area contributed by atoms with Crippen LogP contribution in [0, 0.1) is 0 Å². The van der Waals surface area contributed by atoms with Crippen LogP contribution in [0.3, 0.4) is 0 Å². The van der Waals surface area contributed by atoms with Crippen molar-refractivity contribution in [2.45, 2.75) is 235 Å². The number of amides is 6. The Balaban J connectivity index is 1.39. The molecule has 0 aliphatic carbocycles. The van der Waals surface area contributed by atoms with E-state index >= 15 is 0 Å². The number of aliphatic hydroxyl groups is 9. The number of carbonyl (C=O) groups is 6. The van der Waals surface area contributed by atoms with Crippen molar-refractivity contribution in [1.82, 2.24) is 37.2 Å². The molecular formula is C66H123N7O28. The Morgan fingerprint density at radius 3 is 0.931 bits per heavy atom. The minimum Gasteiger partial charge on any atom is -0.394 e. The highest BCUT2D eigenvalue weighted by atomic mass is 16.7. The fourth-order valence-electron chi connectivity index (χ4n) is 10.9. The van der Waals surface area contributed by atoms with Crippen molar-refractivity contribution in [2.24, 2.45) is 0 Å². The van der Waals surface area contributed by atoms with Crippen LogP contribution in [0.1, 0.15) is 131 Å². The number of ether oxygens (including phenoxy) is 13. The fourth-order valence-corrected chi connectivity index (χ4v) is 10.9. The van der Waals surface area contributed by atoms with Gasteiger partial charge in [-0.2, -0.15) is 0 Å². The summed E-state index contributed by atoms with van der Waals surface area (Å²) in [5.74, 6) is -1.79. The van der Waals surface area contributed by atoms with Gasteiger partial charge in [-0.3, -0.25) is 28.8 Å². The summed E-state index contributed by atoms with van der Waals surface area (Å²) in [5.41, 5.74) is -0.777. The third-order valence-electron chi connectivity index (χ3n) is 16.3. The van der Waals surface area contributed by atoms with Crippen molar-refractivity contribution >= 4 is 35.4 Å². The second-order valence-corrected chi connectivity index (χ2v) is 25.6. The highest BCUT2D eigenvalue weighted by molar-refractivity contribution is 5.77. The van der Waals surface area contributed by atoms with Gasteiger partial charge in [0.1, 0.15) is 73.1 Å². The molecule has 3 fully saturated rings. The van der Waals surface area contributed by atoms with Crippen LogP contribution in [0.5, 0.6) is 0 Å². The van der Waals surface area contributed by atoms with Gasteiger partial charge in [0.25, 0.3) is 0 Å². The van der Waals surface area contributed by atoms with E-state index in [0.717, 1.165) is 0 Å². The molecule has 35 heteroatoms. The first-order valence-corrected chi connectivity index (χ1v) is 35.7. The fraction of sp³-hybridized carbons (Fsp3) is 0.909. The molecule has 3 saturated heterocycles. The summed E-state index contributed by atoms with van der Waals surface area (Å²) in [7, 11) is 0. The van der Waals surface area contributed by atoms with E-state index in [0.29, 0.717) is 169 Å². The number of hydrogen-bond acceptors (Lipinski definition) is 29. The van der Waals surface area contributed by atoms with Crippen molar-refractivity contribution in [3.8, 4) is 0 Å². The largest absolute Gasteiger partial charge is 0.394 e. The Labute approximate surface area is 593 Å². The molecule has 3 heterocycles. The van der Waals surface area contributed by atoms with Gasteiger partial charge in [0, 0.05) is 145 Å². The smallest absolute Gasteiger partial charge is 0.219 e. The Morgan fingerprint density at radius 1 is 0.366 bits per heavy atom. The zero-order chi connectivity index (χ0) is 74.2. The summed E-state index contributed by atoms with van der Waals surface area (Å²) in [6.45, 7) is 12.9. The third-order valence-corrected chi connectivity index (χ3v) is 16.3. The predicted octanol–water partition coefficient (Wildman–Crippen LogP) is -4.08. The van der Waals surface area contributed by atoms with Crippen molar-refractivity contribution < 1.29 is 136 Å². The summed E-state index contributed by atoms with van der Waals surface area (Å²) < 4.78 is 76.1. The van der Waals surface area contributed by atoms with Crippen LogP contribution in [-0.2, 0) is 90.3 Å². The van der Waals surface area contributed by atoms with E-state index in [2.05, 4.69) is 37.2 Å². The first kappa shape index (κ1) is 91.1. The summed E-state index contributed by atoms with van der Waals surface area (Å²) in [4.78, 5) is 72.6. The average Bonchev–Trinajstić information content (AvgIpc) is 0.823. The number of nitrogens with one attached hydrogen (secondary N) is 7. The van der Waals surface area contributed by atoms with Gasteiger partial charge in [-0.05, 0) is 90.9 Å². The molecule has 0 spiro atoms. The molecule has 101 heavy (non-hydrogen) atoms. The molecule has 3 aliphatic heterocycles. The Morgan fingerprint density at radius 2 is 0.653 bits per heavy atom. The number of hydrogen-bond donors (Lipinski definition) is 16. The maximum atomic E-state index is 12.5. The molecule has 3 rings (SSSR count). The molecule has 0 bridgehead atoms. The standard InChI is InChI=1S/C66H123N7O28/c1-44(2)95-37-24-70-66(41-92-31-15-28-89-25-12-21-67-51(80)18-6-9-34-96-63-54(71-45(3)77)60(86)57(83)48(38-74)99-63,42-93-32-16-29-90-26-13-22-68-52(81)19-7-10-35-97-64-55(72-46(4)78)61(87)58(84)49(39-75)100-64)43-94-33-17-30-91-27-14-23-69-53(82)20-8-11-36-98-65-56(73-47(5)79)62(88)59(85)50(40-76)101-65/h44,48-50,54-65,70,74-76,83-88H,6-43H2,1-5H3,(H,67,80)(H,68,81)(H,69,82)(H,71,77)(H,72,78)(H,73,79). The molecule has 16 N–H and O–H groups in total. The van der Waals surface area contributed by atoms with Crippen molar-refractivity contribution in [1.29, 1.82) is 0 Å². The van der Waals surface area contributed by atoms with Crippen molar-refractivity contribution in [3.05, 3.63) is 0 Å². The van der Waals surface area contributed by atoms with Crippen LogP contribution >= 0.6 is 0 Å². The maximum absolute atomic E-state index is 12.5. The molecule has 0 saturated carbocycles. The Hall–Kier alpha value is -4.10. The van der Waals surface area contributed by atoms with Crippen LogP contribution in [0.15, 0.2) is 0 Å². The van der Waals surface area contributed by atoms with Gasteiger partial charge in [0.05, 0.1) is 57.9 Å². The van der Waals surface area contributed by atoms with Crippen LogP contribution in [0.25, 0.3) is 0 Å². The topological polar surface area (TPSA) is 489 Å². The number of aliphatic hydroxyl groups excluding tert-OH is 9. The van der Waals surface area contributed by atoms with Crippen molar-refractivity contribution in [3.63, 3.8) is 0 Å². The molecule has 15 atom stereocenters. The maximum Gasteiger partial charge on any atom is 0.219 e. The first-order chi connectivity index (χ1) is 48.6. The predicted molar refractivity (Wildman–Crippen MR) is 359 cm³/mol. The molecule has 3 aliphatic rings. The summed E-state index contributed by atoms with van der Waals surface area (Å²) in [6.07, 6.45) is -7.89. The van der Waals surface area contributed by atoms with Gasteiger partial charge in [0.2, 0.25) is 35.4 Å². The molecule has 15 unspecified atom stereocenters. The summed E-state index contributed by atoms with van der Waals surface area (Å²) in [6, 6.07) is -3.13. The zero-order valence-corrected chi connectivity index (χ0v) is 59.9. The van der Waals surface area contributed by atoms with E-state index in [1.54, 1.807) is 0 Å². The molecule has 0 radical (unpaired) electrons. The minimum absolute atomic E-state index is 0.0125. The Kier molecular flexibility index (Phi) is 49.2. The van der Waals surface area contributed by atoms with Gasteiger partial charge in [-0.1, -0.05) is 0 Å². The first-order valence-electron chi connectivity index (χ1n) is 35.7. The normalized spacial score (nSPS) is 25.9. The number of rotatable bonds is 59. The van der Waals surface area contributed by atoms with Gasteiger partial charge in [0.15, 0.2) is 18.9 Å². The average molecular weight is 1460 g/mol. The summed E-state index contributed by atoms with van der Waals surface area (Å²) in [5, 5.41) is 110. The lowest BCUT2D eigenvalue weighted by atomic mass is 9.97. The van der Waals surface area contributed by atoms with E-state index < -0.39 is 135 Å². The lowest BCUT2D eigenvalue weighted by Gasteiger charge is -2.42. The molecule has 35 nitrogen and oxygen atoms in total. The molecular weight excluding hydrogens is 1340 g/mol. The molecule has 0 aromatic heterocycles. The minimum atomic E-state index is -1.42. The van der Waals surface area contributed by atoms with Crippen LogP contribution in [0.2, 0.25) is 0 Å². The van der Waals surface area contributed by atoms with E-state index in [1.165, 1.54) is 20.8 Å². The van der Waals surface area contributed by atoms with E-state index in [4.69, 9.17) is 61.6 Å². The molecule has 0 aromatic carbocycles. The second-order valence-electron chi connectivity index (χ2n) is 25.6. The lowest BCUT2D eigenvalue weighted by Crippen LogP contribution is -2.64. The van der Waals surface area contributed by atoms with Crippen molar-refractivity contribution in [2.75, 3.05) is 152 Å². The SMILES string of the molecule is CC(=O)NC1C(OCCCCC(=O)NCCCOCCCOCC(COCCCOCCCNC(=O)CCCCOC2OC(CO)C(O)C(O)C2NC(C)=O)(COCCCOCCCNC(=O)CCCCOC2OC(CO)C(O)C(O)C2NC(C)=O)NCCOC(C)C)OC(CO)C(O)C1O. The highest BCUT2D eigenvalue weighted by Gasteiger charge is 2.48. The zero-order valence-electron chi connectivity index (χ0n) is 59.9. The third kappa shape index (κ3) is 38.7. The van der Waals surface area contributed by atoms with Crippen LogP contribution in [0.4, 0.5) is 0 Å². The molecule has 6 amide bonds. The van der Waals surface area contributed by atoms with Gasteiger partial charge in [-0.15, -0.1) is 0 Å². The molecule has 0 aromatic rings. The van der Waals surface area contributed by atoms with Gasteiger partial charge < -0.3 is 145 Å². The second kappa shape index (κ2) is 54.5.